The predicted molar refractivity (Wildman–Crippen MR) is 36.3 cm³/mol. The number of aliphatic hydroxyl groups excluding tert-OH is 5. The van der Waals surface area contributed by atoms with Gasteiger partial charge in [-0.15, -0.1) is 0 Å². The third kappa shape index (κ3) is 1.37. The van der Waals surface area contributed by atoms with Crippen LogP contribution >= 0.6 is 0 Å². The van der Waals surface area contributed by atoms with E-state index in [4.69, 9.17) is 25.5 Å². The van der Waals surface area contributed by atoms with Gasteiger partial charge < -0.3 is 30.3 Å². The Bertz CT molecular complexity index is 200. The van der Waals surface area contributed by atoms with Gasteiger partial charge in [0.25, 0.3) is 0 Å². The van der Waals surface area contributed by atoms with Crippen molar-refractivity contribution in [1.82, 2.24) is 0 Å². The van der Waals surface area contributed by atoms with Crippen molar-refractivity contribution in [3.05, 3.63) is 11.5 Å². The maximum Gasteiger partial charge on any atom is 0.218 e. The van der Waals surface area contributed by atoms with E-state index in [0.717, 1.165) is 0 Å². The molecule has 5 N–H and O–H groups in total. The highest BCUT2D eigenvalue weighted by molar-refractivity contribution is 5.13. The van der Waals surface area contributed by atoms with Gasteiger partial charge in [-0.05, 0) is 0 Å². The highest BCUT2D eigenvalue weighted by Gasteiger charge is 2.37. The normalized spacial score (nSPS) is 32.6. The number of hydrogen-bond donors (Lipinski definition) is 5. The smallest absolute Gasteiger partial charge is 0.218 e. The molecular formula is C6H10O6. The fourth-order valence-corrected chi connectivity index (χ4v) is 0.909. The average Bonchev–Trinajstić information content (AvgIpc) is 2.32. The second kappa shape index (κ2) is 3.28. The minimum Gasteiger partial charge on any atom is -0.506 e. The topological polar surface area (TPSA) is 110 Å². The summed E-state index contributed by atoms with van der Waals surface area (Å²) in [4.78, 5) is 0. The molecule has 0 fully saturated rings. The molecule has 3 atom stereocenters. The van der Waals surface area contributed by atoms with Crippen LogP contribution < -0.4 is 0 Å². The first-order valence-electron chi connectivity index (χ1n) is 3.32. The molecule has 0 spiro atoms. The summed E-state index contributed by atoms with van der Waals surface area (Å²) in [6.45, 7) is -0.630. The summed E-state index contributed by atoms with van der Waals surface area (Å²) in [5.41, 5.74) is 0. The highest BCUT2D eigenvalue weighted by Crippen LogP contribution is 2.24. The summed E-state index contributed by atoms with van der Waals surface area (Å²) in [7, 11) is 0. The molecule has 0 aromatic carbocycles. The molecule has 6 nitrogen and oxygen atoms in total. The van der Waals surface area contributed by atoms with Gasteiger partial charge in [0.1, 0.15) is 12.2 Å². The third-order valence-electron chi connectivity index (χ3n) is 1.58. The summed E-state index contributed by atoms with van der Waals surface area (Å²) in [6, 6.07) is 0. The molecule has 0 aliphatic carbocycles. The van der Waals surface area contributed by atoms with Crippen molar-refractivity contribution in [3.8, 4) is 0 Å². The molecule has 12 heavy (non-hydrogen) atoms. The molecule has 0 aromatic heterocycles. The minimum absolute atomic E-state index is 0.630. The van der Waals surface area contributed by atoms with E-state index in [0.29, 0.717) is 0 Å². The van der Waals surface area contributed by atoms with E-state index in [2.05, 4.69) is 4.74 Å². The number of rotatable bonds is 2. The van der Waals surface area contributed by atoms with Gasteiger partial charge in [-0.3, -0.25) is 0 Å². The Morgan fingerprint density at radius 2 is 1.92 bits per heavy atom. The monoisotopic (exact) mass is 178 g/mol. The molecule has 0 radical (unpaired) electrons. The van der Waals surface area contributed by atoms with Crippen LogP contribution in [0.1, 0.15) is 0 Å². The predicted octanol–water partition coefficient (Wildman–Crippen LogP) is -1.62. The molecule has 6 heteroatoms. The molecule has 1 aliphatic heterocycles. The molecule has 0 saturated carbocycles. The molecule has 3 unspecified atom stereocenters. The second-order valence-corrected chi connectivity index (χ2v) is 2.43. The SMILES string of the molecule is OCC(O)C1OC(O)C(O)=C1O. The van der Waals surface area contributed by atoms with Crippen LogP contribution in [-0.2, 0) is 4.74 Å². The van der Waals surface area contributed by atoms with E-state index in [-0.39, 0.29) is 0 Å². The highest BCUT2D eigenvalue weighted by atomic mass is 16.6. The largest absolute Gasteiger partial charge is 0.506 e. The first-order chi connectivity index (χ1) is 5.57. The van der Waals surface area contributed by atoms with Gasteiger partial charge in [0.15, 0.2) is 11.5 Å². The molecule has 0 amide bonds. The lowest BCUT2D eigenvalue weighted by molar-refractivity contribution is -0.134. The van der Waals surface area contributed by atoms with Crippen LogP contribution in [0, 0.1) is 0 Å². The van der Waals surface area contributed by atoms with Gasteiger partial charge in [0.2, 0.25) is 6.29 Å². The van der Waals surface area contributed by atoms with Crippen molar-refractivity contribution in [3.63, 3.8) is 0 Å². The summed E-state index contributed by atoms with van der Waals surface area (Å²) < 4.78 is 4.51. The number of ether oxygens (including phenoxy) is 1. The summed E-state index contributed by atoms with van der Waals surface area (Å²) in [6.07, 6.45) is -4.24. The first kappa shape index (κ1) is 9.27. The number of hydrogen-bond acceptors (Lipinski definition) is 6. The van der Waals surface area contributed by atoms with Crippen LogP contribution in [-0.4, -0.2) is 50.6 Å². The van der Waals surface area contributed by atoms with Crippen LogP contribution in [0.5, 0.6) is 0 Å². The summed E-state index contributed by atoms with van der Waals surface area (Å²) >= 11 is 0. The summed E-state index contributed by atoms with van der Waals surface area (Å²) in [5, 5.41) is 44.1. The molecule has 0 aromatic rings. The first-order valence-corrected chi connectivity index (χ1v) is 3.32. The zero-order chi connectivity index (χ0) is 9.30. The van der Waals surface area contributed by atoms with Crippen LogP contribution in [0.3, 0.4) is 0 Å². The molecule has 1 rings (SSSR count). The van der Waals surface area contributed by atoms with Gasteiger partial charge in [0, 0.05) is 0 Å². The molecule has 1 aliphatic rings. The van der Waals surface area contributed by atoms with Crippen LogP contribution in [0.4, 0.5) is 0 Å². The van der Waals surface area contributed by atoms with Crippen molar-refractivity contribution in [2.45, 2.75) is 18.5 Å². The van der Waals surface area contributed by atoms with Crippen LogP contribution in [0.2, 0.25) is 0 Å². The van der Waals surface area contributed by atoms with Gasteiger partial charge in [0.05, 0.1) is 6.61 Å². The molecule has 1 heterocycles. The lowest BCUT2D eigenvalue weighted by Crippen LogP contribution is -2.32. The van der Waals surface area contributed by atoms with E-state index >= 15 is 0 Å². The van der Waals surface area contributed by atoms with Gasteiger partial charge in [-0.1, -0.05) is 0 Å². The maximum absolute atomic E-state index is 9.00. The lowest BCUT2D eigenvalue weighted by Gasteiger charge is -2.15. The molecular weight excluding hydrogens is 168 g/mol. The van der Waals surface area contributed by atoms with Crippen LogP contribution in [0.15, 0.2) is 11.5 Å². The van der Waals surface area contributed by atoms with E-state index < -0.39 is 36.6 Å². The zero-order valence-electron chi connectivity index (χ0n) is 6.08. The van der Waals surface area contributed by atoms with Gasteiger partial charge in [-0.25, -0.2) is 0 Å². The Morgan fingerprint density at radius 1 is 1.33 bits per heavy atom. The van der Waals surface area contributed by atoms with Crippen molar-refractivity contribution in [2.75, 3.05) is 6.61 Å². The van der Waals surface area contributed by atoms with Crippen molar-refractivity contribution in [2.24, 2.45) is 0 Å². The molecule has 0 bridgehead atoms. The lowest BCUT2D eigenvalue weighted by atomic mass is 10.2. The van der Waals surface area contributed by atoms with E-state index in [1.54, 1.807) is 0 Å². The standard InChI is InChI=1S/C6H10O6/c7-1-2(8)5-3(9)4(10)6(11)12-5/h2,5-11H,1H2. The second-order valence-electron chi connectivity index (χ2n) is 2.43. The zero-order valence-corrected chi connectivity index (χ0v) is 6.08. The third-order valence-corrected chi connectivity index (χ3v) is 1.58. The Kier molecular flexibility index (Phi) is 2.53. The molecule has 70 valence electrons. The van der Waals surface area contributed by atoms with Crippen molar-refractivity contribution < 1.29 is 30.3 Å². The summed E-state index contributed by atoms with van der Waals surface area (Å²) in [5.74, 6) is -1.38. The van der Waals surface area contributed by atoms with Crippen molar-refractivity contribution >= 4 is 0 Å². The fourth-order valence-electron chi connectivity index (χ4n) is 0.909. The maximum atomic E-state index is 9.00. The van der Waals surface area contributed by atoms with E-state index in [1.165, 1.54) is 0 Å². The average molecular weight is 178 g/mol. The van der Waals surface area contributed by atoms with E-state index in [9.17, 15) is 0 Å². The Balaban J connectivity index is 2.73. The Hall–Kier alpha value is -0.820. The fraction of sp³-hybridized carbons (Fsp3) is 0.667. The molecule has 0 saturated heterocycles. The Morgan fingerprint density at radius 3 is 2.25 bits per heavy atom. The Labute approximate surface area is 68.0 Å². The van der Waals surface area contributed by atoms with Gasteiger partial charge in [-0.2, -0.15) is 0 Å². The number of aliphatic hydroxyl groups is 5. The van der Waals surface area contributed by atoms with Gasteiger partial charge >= 0.3 is 0 Å². The van der Waals surface area contributed by atoms with Crippen LogP contribution in [0.25, 0.3) is 0 Å². The van der Waals surface area contributed by atoms with Crippen molar-refractivity contribution in [1.29, 1.82) is 0 Å². The minimum atomic E-state index is -1.63. The quantitative estimate of drug-likeness (QED) is 0.348. The van der Waals surface area contributed by atoms with E-state index in [1.807, 2.05) is 0 Å².